The number of nitrogens with zero attached hydrogens (tertiary/aromatic N) is 1. The first-order valence-electron chi connectivity index (χ1n) is 9.33. The lowest BCUT2D eigenvalue weighted by Crippen LogP contribution is -2.59. The van der Waals surface area contributed by atoms with Gasteiger partial charge < -0.3 is 47.1 Å². The predicted molar refractivity (Wildman–Crippen MR) is 105 cm³/mol. The SMILES string of the molecule is CC(O)C(NC(=O)C(CC(=O)O)NC(=O)C(CO)NC(=O)C(N)Cc1cnc[nH]1)C(=O)O. The molecule has 5 atom stereocenters. The van der Waals surface area contributed by atoms with Crippen molar-refractivity contribution in [3.63, 3.8) is 0 Å². The first-order chi connectivity index (χ1) is 15.0. The van der Waals surface area contributed by atoms with E-state index in [9.17, 15) is 34.2 Å². The maximum atomic E-state index is 12.4. The van der Waals surface area contributed by atoms with Gasteiger partial charge in [-0.25, -0.2) is 9.78 Å². The standard InChI is InChI=1S/C17H26N6O9/c1-7(25)13(17(31)32)23-15(29)10(3-12(26)27)21-16(30)11(5-24)22-14(28)9(18)2-8-4-19-6-20-8/h4,6-7,9-11,13,24-25H,2-3,5,18H2,1H3,(H,19,20)(H,21,30)(H,22,28)(H,23,29)(H,26,27)(H,31,32). The van der Waals surface area contributed by atoms with Gasteiger partial charge in [0.25, 0.3) is 0 Å². The van der Waals surface area contributed by atoms with Crippen molar-refractivity contribution < 1.29 is 44.4 Å². The molecule has 0 radical (unpaired) electrons. The third kappa shape index (κ3) is 8.29. The van der Waals surface area contributed by atoms with Crippen LogP contribution >= 0.6 is 0 Å². The van der Waals surface area contributed by atoms with Crippen LogP contribution in [0.1, 0.15) is 19.0 Å². The molecule has 1 rings (SSSR count). The Morgan fingerprint density at radius 1 is 1.06 bits per heavy atom. The molecule has 0 aliphatic carbocycles. The first-order valence-corrected chi connectivity index (χ1v) is 9.33. The van der Waals surface area contributed by atoms with Gasteiger partial charge in [-0.1, -0.05) is 0 Å². The zero-order valence-electron chi connectivity index (χ0n) is 17.0. The third-order valence-corrected chi connectivity index (χ3v) is 4.20. The molecule has 0 aromatic carbocycles. The monoisotopic (exact) mass is 458 g/mol. The minimum Gasteiger partial charge on any atom is -0.481 e. The summed E-state index contributed by atoms with van der Waals surface area (Å²) >= 11 is 0. The fraction of sp³-hybridized carbons (Fsp3) is 0.529. The number of aromatic amines is 1. The minimum absolute atomic E-state index is 0.0472. The summed E-state index contributed by atoms with van der Waals surface area (Å²) in [7, 11) is 0. The Balaban J connectivity index is 2.82. The number of aliphatic hydroxyl groups is 2. The predicted octanol–water partition coefficient (Wildman–Crippen LogP) is -4.33. The fourth-order valence-corrected chi connectivity index (χ4v) is 2.50. The molecule has 15 heteroatoms. The van der Waals surface area contributed by atoms with Crippen molar-refractivity contribution in [1.29, 1.82) is 0 Å². The second kappa shape index (κ2) is 12.3. The number of imidazole rings is 1. The van der Waals surface area contributed by atoms with E-state index < -0.39 is 73.0 Å². The molecule has 1 aromatic rings. The number of nitrogens with one attached hydrogen (secondary N) is 4. The quantitative estimate of drug-likeness (QED) is 0.136. The second-order valence-corrected chi connectivity index (χ2v) is 6.86. The highest BCUT2D eigenvalue weighted by atomic mass is 16.4. The summed E-state index contributed by atoms with van der Waals surface area (Å²) in [6.45, 7) is 0.189. The van der Waals surface area contributed by atoms with Gasteiger partial charge in [-0.15, -0.1) is 0 Å². The Morgan fingerprint density at radius 2 is 1.66 bits per heavy atom. The number of rotatable bonds is 13. The van der Waals surface area contributed by atoms with Crippen LogP contribution in [-0.4, -0.2) is 96.9 Å². The largest absolute Gasteiger partial charge is 0.481 e. The highest BCUT2D eigenvalue weighted by Gasteiger charge is 2.32. The van der Waals surface area contributed by atoms with Gasteiger partial charge in [0.05, 0.1) is 31.5 Å². The minimum atomic E-state index is -1.76. The smallest absolute Gasteiger partial charge is 0.328 e. The van der Waals surface area contributed by atoms with Crippen molar-refractivity contribution in [2.45, 2.75) is 50.0 Å². The van der Waals surface area contributed by atoms with Gasteiger partial charge in [-0.05, 0) is 6.92 Å². The molecule has 0 aliphatic heterocycles. The molecule has 178 valence electrons. The lowest BCUT2D eigenvalue weighted by atomic mass is 10.1. The van der Waals surface area contributed by atoms with Gasteiger partial charge in [-0.2, -0.15) is 0 Å². The van der Waals surface area contributed by atoms with E-state index in [4.69, 9.17) is 15.9 Å². The van der Waals surface area contributed by atoms with Crippen LogP contribution in [0.5, 0.6) is 0 Å². The molecule has 0 aliphatic rings. The van der Waals surface area contributed by atoms with Crippen LogP contribution in [0.25, 0.3) is 0 Å². The number of aromatic nitrogens is 2. The highest BCUT2D eigenvalue weighted by molar-refractivity contribution is 5.95. The number of carbonyl (C=O) groups excluding carboxylic acids is 3. The number of aliphatic carboxylic acids is 2. The molecular weight excluding hydrogens is 432 g/mol. The molecule has 1 aromatic heterocycles. The molecule has 1 heterocycles. The second-order valence-electron chi connectivity index (χ2n) is 6.86. The average Bonchev–Trinajstić information content (AvgIpc) is 3.21. The van der Waals surface area contributed by atoms with Crippen molar-refractivity contribution in [2.75, 3.05) is 6.61 Å². The Bertz CT molecular complexity index is 813. The normalized spacial score (nSPS) is 15.5. The van der Waals surface area contributed by atoms with E-state index in [0.717, 1.165) is 6.92 Å². The number of carboxylic acids is 2. The van der Waals surface area contributed by atoms with Crippen LogP contribution in [-0.2, 0) is 30.4 Å². The number of hydrogen-bond acceptors (Lipinski definition) is 9. The van der Waals surface area contributed by atoms with Gasteiger partial charge in [0.2, 0.25) is 17.7 Å². The van der Waals surface area contributed by atoms with Crippen molar-refractivity contribution in [2.24, 2.45) is 5.73 Å². The number of carbonyl (C=O) groups is 5. The Kier molecular flexibility index (Phi) is 10.2. The van der Waals surface area contributed by atoms with E-state index in [2.05, 4.69) is 15.3 Å². The molecule has 3 amide bonds. The van der Waals surface area contributed by atoms with Crippen LogP contribution < -0.4 is 21.7 Å². The molecule has 15 nitrogen and oxygen atoms in total. The third-order valence-electron chi connectivity index (χ3n) is 4.20. The van der Waals surface area contributed by atoms with E-state index in [1.54, 1.807) is 0 Å². The van der Waals surface area contributed by atoms with Gasteiger partial charge >= 0.3 is 11.9 Å². The topological polar surface area (TPSA) is 257 Å². The Hall–Kier alpha value is -3.56. The van der Waals surface area contributed by atoms with Gasteiger partial charge in [0.1, 0.15) is 12.1 Å². The summed E-state index contributed by atoms with van der Waals surface area (Å²) in [4.78, 5) is 65.6. The summed E-state index contributed by atoms with van der Waals surface area (Å²) in [5, 5.41) is 43.1. The van der Waals surface area contributed by atoms with Crippen molar-refractivity contribution in [3.8, 4) is 0 Å². The Labute approximate surface area is 181 Å². The fourth-order valence-electron chi connectivity index (χ4n) is 2.50. The molecule has 0 saturated carbocycles. The zero-order chi connectivity index (χ0) is 24.4. The molecule has 0 saturated heterocycles. The highest BCUT2D eigenvalue weighted by Crippen LogP contribution is 2.01. The maximum absolute atomic E-state index is 12.4. The summed E-state index contributed by atoms with van der Waals surface area (Å²) in [6, 6.07) is -6.21. The summed E-state index contributed by atoms with van der Waals surface area (Å²) in [5.41, 5.74) is 6.29. The van der Waals surface area contributed by atoms with Crippen molar-refractivity contribution in [3.05, 3.63) is 18.2 Å². The maximum Gasteiger partial charge on any atom is 0.328 e. The van der Waals surface area contributed by atoms with Crippen LogP contribution in [0.15, 0.2) is 12.5 Å². The zero-order valence-corrected chi connectivity index (χ0v) is 17.0. The van der Waals surface area contributed by atoms with E-state index in [0.29, 0.717) is 5.69 Å². The van der Waals surface area contributed by atoms with Crippen LogP contribution in [0.4, 0.5) is 0 Å². The van der Waals surface area contributed by atoms with Crippen molar-refractivity contribution in [1.82, 2.24) is 25.9 Å². The number of H-pyrrole nitrogens is 1. The number of aliphatic hydroxyl groups excluding tert-OH is 2. The molecule has 32 heavy (non-hydrogen) atoms. The lowest BCUT2D eigenvalue weighted by Gasteiger charge is -2.24. The van der Waals surface area contributed by atoms with Gasteiger partial charge in [-0.3, -0.25) is 19.2 Å². The van der Waals surface area contributed by atoms with Gasteiger partial charge in [0, 0.05) is 18.3 Å². The first kappa shape index (κ1) is 26.5. The number of amides is 3. The number of carboxylic acid groups (broad SMARTS) is 2. The summed E-state index contributed by atoms with van der Waals surface area (Å²) in [6.07, 6.45) is 0.416. The average molecular weight is 458 g/mol. The van der Waals surface area contributed by atoms with E-state index in [1.165, 1.54) is 12.5 Å². The number of hydrogen-bond donors (Lipinski definition) is 9. The molecule has 0 spiro atoms. The summed E-state index contributed by atoms with van der Waals surface area (Å²) < 4.78 is 0. The Morgan fingerprint density at radius 3 is 2.12 bits per heavy atom. The van der Waals surface area contributed by atoms with Gasteiger partial charge in [0.15, 0.2) is 6.04 Å². The van der Waals surface area contributed by atoms with Crippen LogP contribution in [0.2, 0.25) is 0 Å². The van der Waals surface area contributed by atoms with E-state index >= 15 is 0 Å². The van der Waals surface area contributed by atoms with Crippen LogP contribution in [0, 0.1) is 0 Å². The molecule has 0 fully saturated rings. The summed E-state index contributed by atoms with van der Waals surface area (Å²) in [5.74, 6) is -6.21. The molecule has 5 unspecified atom stereocenters. The van der Waals surface area contributed by atoms with E-state index in [1.807, 2.05) is 10.6 Å². The van der Waals surface area contributed by atoms with Crippen molar-refractivity contribution >= 4 is 29.7 Å². The lowest BCUT2D eigenvalue weighted by molar-refractivity contribution is -0.146. The molecule has 0 bridgehead atoms. The number of nitrogens with two attached hydrogens (primary N) is 1. The van der Waals surface area contributed by atoms with Crippen LogP contribution in [0.3, 0.4) is 0 Å². The molecular formula is C17H26N6O9. The molecule has 10 N–H and O–H groups in total. The van der Waals surface area contributed by atoms with E-state index in [-0.39, 0.29) is 6.42 Å².